The maximum atomic E-state index is 12.1. The molecule has 0 aliphatic carbocycles. The molecule has 0 aliphatic rings. The minimum atomic E-state index is -0.171. The van der Waals surface area contributed by atoms with Crippen LogP contribution in [0.5, 0.6) is 5.75 Å². The van der Waals surface area contributed by atoms with E-state index in [4.69, 9.17) is 14.6 Å². The molecule has 5 aromatic rings. The van der Waals surface area contributed by atoms with E-state index >= 15 is 0 Å². The van der Waals surface area contributed by atoms with Gasteiger partial charge in [-0.25, -0.2) is 9.37 Å². The second-order valence-corrected chi connectivity index (χ2v) is 8.21. The molecule has 0 amide bonds. The van der Waals surface area contributed by atoms with Crippen LogP contribution in [0.3, 0.4) is 0 Å². The Morgan fingerprint density at radius 2 is 1.62 bits per heavy atom. The van der Waals surface area contributed by atoms with Gasteiger partial charge in [0.15, 0.2) is 5.65 Å². The molecule has 0 fully saturated rings. The van der Waals surface area contributed by atoms with Gasteiger partial charge >= 0.3 is 0 Å². The van der Waals surface area contributed by atoms with E-state index in [0.717, 1.165) is 33.8 Å². The van der Waals surface area contributed by atoms with Crippen LogP contribution < -0.4 is 10.6 Å². The van der Waals surface area contributed by atoms with Gasteiger partial charge in [-0.3, -0.25) is 0 Å². The lowest BCUT2D eigenvalue weighted by molar-refractivity contribution is -0.0987. The highest BCUT2D eigenvalue weighted by atomic mass is 19.1. The summed E-state index contributed by atoms with van der Waals surface area (Å²) in [7, 11) is 1.91. The molecule has 0 bridgehead atoms. The van der Waals surface area contributed by atoms with E-state index in [1.165, 1.54) is 12.1 Å². The van der Waals surface area contributed by atoms with E-state index in [-0.39, 0.29) is 11.6 Å². The van der Waals surface area contributed by atoms with Gasteiger partial charge in [-0.1, -0.05) is 42.0 Å². The highest BCUT2D eigenvalue weighted by Crippen LogP contribution is 2.30. The van der Waals surface area contributed by atoms with Crippen molar-refractivity contribution in [2.45, 2.75) is 20.4 Å². The van der Waals surface area contributed by atoms with Gasteiger partial charge in [0.05, 0.1) is 11.9 Å². The monoisotopic (exact) mass is 529 g/mol. The summed E-state index contributed by atoms with van der Waals surface area (Å²) in [5, 5.41) is 21.3. The highest BCUT2D eigenvalue weighted by molar-refractivity contribution is 5.72. The fraction of sp³-hybridized carbons (Fsp3) is 0.133. The number of phenols is 1. The first-order valence-electron chi connectivity index (χ1n) is 11.9. The number of phenolic OH excluding ortho intramolecular Hbond substituents is 1. The first kappa shape index (κ1) is 30.2. The Morgan fingerprint density at radius 1 is 0.923 bits per heavy atom. The molecule has 39 heavy (non-hydrogen) atoms. The third-order valence-electron chi connectivity index (χ3n) is 5.53. The van der Waals surface area contributed by atoms with E-state index in [1.54, 1.807) is 35.0 Å². The van der Waals surface area contributed by atoms with Crippen LogP contribution in [0.4, 0.5) is 15.9 Å². The summed E-state index contributed by atoms with van der Waals surface area (Å²) in [5.74, 6) is 0.857. The number of rotatable bonds is 5. The van der Waals surface area contributed by atoms with Crippen molar-refractivity contribution in [1.29, 1.82) is 0 Å². The van der Waals surface area contributed by atoms with Crippen LogP contribution in [0.25, 0.3) is 16.9 Å². The van der Waals surface area contributed by atoms with Crippen molar-refractivity contribution < 1.29 is 19.1 Å². The number of hydrogen-bond acceptors (Lipinski definition) is 7. The second kappa shape index (κ2) is 15.3. The molecule has 0 saturated heterocycles. The van der Waals surface area contributed by atoms with Crippen molar-refractivity contribution in [3.63, 3.8) is 0 Å². The number of aromatic nitrogens is 3. The lowest BCUT2D eigenvalue weighted by Crippen LogP contribution is -2.07. The third-order valence-corrected chi connectivity index (χ3v) is 5.53. The molecule has 5 rings (SSSR count). The lowest BCUT2D eigenvalue weighted by atomic mass is 10.1. The zero-order chi connectivity index (χ0) is 28.8. The third kappa shape index (κ3) is 8.22. The Hall–Kier alpha value is -5.05. The van der Waals surface area contributed by atoms with Gasteiger partial charge in [-0.15, -0.1) is 0 Å². The Morgan fingerprint density at radius 3 is 2.26 bits per heavy atom. The molecule has 0 spiro atoms. The average molecular weight is 530 g/mol. The molecule has 202 valence electrons. The van der Waals surface area contributed by atoms with Crippen LogP contribution in [-0.4, -0.2) is 40.3 Å². The Balaban J connectivity index is 0.000000375. The predicted octanol–water partition coefficient (Wildman–Crippen LogP) is 5.83. The fourth-order valence-electron chi connectivity index (χ4n) is 3.59. The lowest BCUT2D eigenvalue weighted by Gasteiger charge is -2.12. The summed E-state index contributed by atoms with van der Waals surface area (Å²) in [5.41, 5.74) is 6.46. The molecule has 9 heteroatoms. The van der Waals surface area contributed by atoms with Gasteiger partial charge in [0.1, 0.15) is 31.0 Å². The van der Waals surface area contributed by atoms with Crippen molar-refractivity contribution in [2.75, 3.05) is 17.7 Å². The number of hydrogen-bond donors (Lipinski definition) is 3. The molecule has 8 nitrogen and oxygen atoms in total. The van der Waals surface area contributed by atoms with Crippen LogP contribution in [0.15, 0.2) is 85.1 Å². The zero-order valence-electron chi connectivity index (χ0n) is 22.2. The number of anilines is 2. The Bertz CT molecular complexity index is 1450. The van der Waals surface area contributed by atoms with Crippen LogP contribution in [-0.2, 0) is 16.1 Å². The Labute approximate surface area is 227 Å². The predicted molar refractivity (Wildman–Crippen MR) is 154 cm³/mol. The largest absolute Gasteiger partial charge is 0.507 e. The summed E-state index contributed by atoms with van der Waals surface area (Å²) in [6.45, 7) is 8.55. The minimum Gasteiger partial charge on any atom is -0.507 e. The van der Waals surface area contributed by atoms with Crippen molar-refractivity contribution in [1.82, 2.24) is 14.6 Å². The number of aryl methyl sites for hydroxylation is 2. The molecule has 2 aromatic heterocycles. The number of carbonyl (C=O) groups is 2. The van der Waals surface area contributed by atoms with Crippen molar-refractivity contribution >= 4 is 30.7 Å². The Kier molecular flexibility index (Phi) is 11.8. The molecule has 0 radical (unpaired) electrons. The maximum Gasteiger partial charge on any atom is 0.160 e. The molecule has 0 aliphatic heterocycles. The molecule has 0 unspecified atom stereocenters. The van der Waals surface area contributed by atoms with Crippen molar-refractivity contribution in [3.8, 4) is 17.0 Å². The fourth-order valence-corrected chi connectivity index (χ4v) is 3.59. The zero-order valence-corrected chi connectivity index (χ0v) is 22.2. The molecule has 0 atom stereocenters. The van der Waals surface area contributed by atoms with Gasteiger partial charge in [0, 0.05) is 36.5 Å². The van der Waals surface area contributed by atoms with Gasteiger partial charge in [-0.05, 0) is 55.8 Å². The molecule has 2 heterocycles. The highest BCUT2D eigenvalue weighted by Gasteiger charge is 2.13. The van der Waals surface area contributed by atoms with Gasteiger partial charge in [-0.2, -0.15) is 9.61 Å². The van der Waals surface area contributed by atoms with Crippen molar-refractivity contribution in [3.05, 3.63) is 108 Å². The summed E-state index contributed by atoms with van der Waals surface area (Å²) < 4.78 is 13.9. The average Bonchev–Trinajstić information content (AvgIpc) is 3.36. The summed E-state index contributed by atoms with van der Waals surface area (Å²) in [6, 6.07) is 23.8. The van der Waals surface area contributed by atoms with Crippen LogP contribution in [0.1, 0.15) is 16.7 Å². The molecule has 3 N–H and O–H groups in total. The smallest absolute Gasteiger partial charge is 0.160 e. The second-order valence-electron chi connectivity index (χ2n) is 8.21. The first-order chi connectivity index (χ1) is 18.9. The van der Waals surface area contributed by atoms with E-state index in [9.17, 15) is 9.50 Å². The normalized spacial score (nSPS) is 9.64. The summed E-state index contributed by atoms with van der Waals surface area (Å²) >= 11 is 0. The van der Waals surface area contributed by atoms with E-state index in [0.29, 0.717) is 17.8 Å². The number of para-hydroxylation sites is 1. The van der Waals surface area contributed by atoms with E-state index in [2.05, 4.69) is 27.9 Å². The number of aromatic hydroxyl groups is 1. The van der Waals surface area contributed by atoms with Gasteiger partial charge in [0.25, 0.3) is 0 Å². The molecule has 3 aromatic carbocycles. The molecule has 0 saturated carbocycles. The first-order valence-corrected chi connectivity index (χ1v) is 11.9. The van der Waals surface area contributed by atoms with E-state index in [1.807, 2.05) is 64.8 Å². The van der Waals surface area contributed by atoms with E-state index < -0.39 is 0 Å². The molecular weight excluding hydrogens is 497 g/mol. The standard InChI is InChI=1S/C21H21N5O.C7H7F.2CH2O/c1-14-12-24-26-20(23-13-15-6-5-7-16(10-15)22-2)11-18(25-21(14)26)17-8-3-4-9-19(17)27;1-6-2-4-7(8)5-3-6;2*1-2/h3-12,22-23,27H,13H2,1-2H3;2-5H,1H3;2*1H2. The number of halogens is 1. The molecular formula is C30H32FN5O3. The van der Waals surface area contributed by atoms with Crippen LogP contribution in [0, 0.1) is 19.7 Å². The van der Waals surface area contributed by atoms with Crippen LogP contribution >= 0.6 is 0 Å². The number of carbonyl (C=O) groups excluding carboxylic acids is 2. The summed E-state index contributed by atoms with van der Waals surface area (Å²) in [4.78, 5) is 20.7. The topological polar surface area (TPSA) is 109 Å². The number of nitrogens with zero attached hydrogens (tertiary/aromatic N) is 3. The number of benzene rings is 3. The minimum absolute atomic E-state index is 0.171. The SMILES string of the molecule is C=O.C=O.CNc1cccc(CNc2cc(-c3ccccc3O)nc3c(C)cnn23)c1.Cc1ccc(F)cc1. The number of fused-ring (bicyclic) bond motifs is 1. The van der Waals surface area contributed by atoms with Gasteiger partial charge in [0.2, 0.25) is 0 Å². The maximum absolute atomic E-state index is 12.1. The van der Waals surface area contributed by atoms with Gasteiger partial charge < -0.3 is 25.3 Å². The quantitative estimate of drug-likeness (QED) is 0.263. The van der Waals surface area contributed by atoms with Crippen LogP contribution in [0.2, 0.25) is 0 Å². The summed E-state index contributed by atoms with van der Waals surface area (Å²) in [6.07, 6.45) is 1.80. The number of nitrogens with one attached hydrogen (secondary N) is 2. The van der Waals surface area contributed by atoms with Crippen molar-refractivity contribution in [2.24, 2.45) is 0 Å².